The molecule has 0 aromatic heterocycles. The van der Waals surface area contributed by atoms with Crippen molar-refractivity contribution >= 4 is 5.78 Å². The predicted molar refractivity (Wildman–Crippen MR) is 128 cm³/mol. The van der Waals surface area contributed by atoms with Gasteiger partial charge in [-0.1, -0.05) is 55.4 Å². The lowest BCUT2D eigenvalue weighted by molar-refractivity contribution is -0.189. The zero-order chi connectivity index (χ0) is 22.7. The maximum Gasteiger partial charge on any atom is 0.147 e. The monoisotopic (exact) mass is 428 g/mol. The molecule has 176 valence electrons. The van der Waals surface area contributed by atoms with Gasteiger partial charge in [0.25, 0.3) is 0 Å². The number of carbonyl (C=O) groups excluding carboxylic acids is 1. The van der Waals surface area contributed by atoms with E-state index >= 15 is 0 Å². The maximum atomic E-state index is 12.6. The fraction of sp³-hybridized carbons (Fsp3) is 0.964. The van der Waals surface area contributed by atoms with E-state index in [4.69, 9.17) is 0 Å². The first-order valence-corrected chi connectivity index (χ1v) is 13.1. The van der Waals surface area contributed by atoms with Gasteiger partial charge in [-0.2, -0.15) is 0 Å². The Kier molecular flexibility index (Phi) is 4.60. The molecule has 6 heterocycles. The third kappa shape index (κ3) is 3.22. The second-order valence-corrected chi connectivity index (χ2v) is 15.3. The Hall–Kier alpha value is -0.410. The molecule has 0 aromatic rings. The molecule has 2 saturated carbocycles. The van der Waals surface area contributed by atoms with Crippen LogP contribution in [-0.4, -0.2) is 54.9 Å². The Balaban J connectivity index is 0.000000132. The smallest absolute Gasteiger partial charge is 0.147 e. The average molecular weight is 429 g/mol. The highest BCUT2D eigenvalue weighted by Gasteiger charge is 2.65. The molecule has 4 unspecified atom stereocenters. The summed E-state index contributed by atoms with van der Waals surface area (Å²) >= 11 is 0. The van der Waals surface area contributed by atoms with Crippen LogP contribution < -0.4 is 0 Å². The molecular formula is C28H48N2O. The number of hydrogen-bond donors (Lipinski definition) is 0. The van der Waals surface area contributed by atoms with Crippen LogP contribution in [0.15, 0.2) is 0 Å². The van der Waals surface area contributed by atoms with Crippen LogP contribution >= 0.6 is 0 Å². The van der Waals surface area contributed by atoms with Gasteiger partial charge in [0.2, 0.25) is 0 Å². The van der Waals surface area contributed by atoms with Gasteiger partial charge < -0.3 is 9.80 Å². The minimum atomic E-state index is -0.0478. The Bertz CT molecular complexity index is 744. The minimum absolute atomic E-state index is 0.0478. The molecule has 3 nitrogen and oxygen atoms in total. The summed E-state index contributed by atoms with van der Waals surface area (Å²) in [5.74, 6) is 2.11. The molecule has 8 fully saturated rings. The normalized spacial score (nSPS) is 56.4. The molecule has 8 rings (SSSR count). The molecule has 0 radical (unpaired) electrons. The molecule has 8 aliphatic rings. The summed E-state index contributed by atoms with van der Waals surface area (Å²) in [6.45, 7) is 26.4. The van der Waals surface area contributed by atoms with Crippen molar-refractivity contribution in [3.63, 3.8) is 0 Å². The van der Waals surface area contributed by atoms with Crippen molar-refractivity contribution in [1.29, 1.82) is 0 Å². The number of piperidine rings is 6. The molecule has 31 heavy (non-hydrogen) atoms. The van der Waals surface area contributed by atoms with Crippen LogP contribution in [0.4, 0.5) is 0 Å². The summed E-state index contributed by atoms with van der Waals surface area (Å²) < 4.78 is 0. The highest BCUT2D eigenvalue weighted by molar-refractivity contribution is 5.92. The van der Waals surface area contributed by atoms with E-state index in [-0.39, 0.29) is 10.8 Å². The van der Waals surface area contributed by atoms with E-state index in [1.165, 1.54) is 45.4 Å². The van der Waals surface area contributed by atoms with E-state index in [2.05, 4.69) is 65.2 Å². The number of hydrogen-bond acceptors (Lipinski definition) is 3. The van der Waals surface area contributed by atoms with Crippen LogP contribution in [0.2, 0.25) is 0 Å². The van der Waals surface area contributed by atoms with Crippen LogP contribution in [0.25, 0.3) is 0 Å². The summed E-state index contributed by atoms with van der Waals surface area (Å²) in [5, 5.41) is 0. The lowest BCUT2D eigenvalue weighted by atomic mass is 9.45. The van der Waals surface area contributed by atoms with E-state index in [1.807, 2.05) is 0 Å². The largest absolute Gasteiger partial charge is 0.302 e. The van der Waals surface area contributed by atoms with E-state index in [0.29, 0.717) is 33.4 Å². The predicted octanol–water partition coefficient (Wildman–Crippen LogP) is 5.49. The highest BCUT2D eigenvalue weighted by atomic mass is 16.1. The molecule has 6 aliphatic heterocycles. The van der Waals surface area contributed by atoms with Crippen molar-refractivity contribution < 1.29 is 4.79 Å². The Labute approximate surface area is 191 Å². The molecule has 3 heteroatoms. The van der Waals surface area contributed by atoms with Crippen molar-refractivity contribution in [3.8, 4) is 0 Å². The Morgan fingerprint density at radius 3 is 1.35 bits per heavy atom. The number of nitrogens with zero attached hydrogens (tertiary/aromatic N) is 2. The zero-order valence-electron chi connectivity index (χ0n) is 21.7. The number of ketones is 1. The maximum absolute atomic E-state index is 12.6. The van der Waals surface area contributed by atoms with E-state index in [1.54, 1.807) is 0 Å². The summed E-state index contributed by atoms with van der Waals surface area (Å²) in [6.07, 6.45) is 6.71. The molecule has 0 N–H and O–H groups in total. The first kappa shape index (κ1) is 22.4. The summed E-state index contributed by atoms with van der Waals surface area (Å²) in [6, 6.07) is 0. The molecule has 0 aromatic carbocycles. The highest BCUT2D eigenvalue weighted by Crippen LogP contribution is 2.64. The van der Waals surface area contributed by atoms with Gasteiger partial charge in [-0.3, -0.25) is 4.79 Å². The lowest BCUT2D eigenvalue weighted by Gasteiger charge is -2.67. The van der Waals surface area contributed by atoms with Gasteiger partial charge >= 0.3 is 0 Å². The van der Waals surface area contributed by atoms with Gasteiger partial charge in [-0.05, 0) is 65.6 Å². The SMILES string of the molecule is CC(C)C12CN3CC(C)(C1)C(=O)C(C)(C3)C2.CC(C)C12CN3CC(C)(CC(C)(C3)C1)C2. The third-order valence-corrected chi connectivity index (χ3v) is 10.9. The van der Waals surface area contributed by atoms with Crippen molar-refractivity contribution in [2.45, 2.75) is 87.5 Å². The fourth-order valence-corrected chi connectivity index (χ4v) is 10.6. The zero-order valence-corrected chi connectivity index (χ0v) is 21.7. The first-order valence-electron chi connectivity index (χ1n) is 13.1. The van der Waals surface area contributed by atoms with Gasteiger partial charge in [0.1, 0.15) is 5.78 Å². The van der Waals surface area contributed by atoms with Crippen LogP contribution in [-0.2, 0) is 4.79 Å². The standard InChI is InChI=1S/C14H23NO.C14H25N/c1-10(2)14-5-12(3)7-15(9-14)8-13(4,6-14)11(12)16;1-11(2)14-6-12(3)5-13(4,7-14)9-15(8-12)10-14/h10H,5-9H2,1-4H3;11H,5-10H2,1-4H3. The number of rotatable bonds is 2. The molecule has 2 aliphatic carbocycles. The van der Waals surface area contributed by atoms with Gasteiger partial charge in [0.15, 0.2) is 0 Å². The van der Waals surface area contributed by atoms with Crippen LogP contribution in [0.3, 0.4) is 0 Å². The van der Waals surface area contributed by atoms with E-state index in [0.717, 1.165) is 31.8 Å². The third-order valence-electron chi connectivity index (χ3n) is 10.9. The summed E-state index contributed by atoms with van der Waals surface area (Å²) in [7, 11) is 0. The molecule has 0 spiro atoms. The Morgan fingerprint density at radius 1 is 0.581 bits per heavy atom. The van der Waals surface area contributed by atoms with E-state index in [9.17, 15) is 4.79 Å². The van der Waals surface area contributed by atoms with Gasteiger partial charge in [0, 0.05) is 50.1 Å². The molecule has 6 saturated heterocycles. The lowest BCUT2D eigenvalue weighted by Crippen LogP contribution is -2.72. The quantitative estimate of drug-likeness (QED) is 0.581. The molecule has 8 bridgehead atoms. The van der Waals surface area contributed by atoms with Crippen LogP contribution in [0.5, 0.6) is 0 Å². The Morgan fingerprint density at radius 2 is 0.968 bits per heavy atom. The first-order chi connectivity index (χ1) is 14.1. The fourth-order valence-electron chi connectivity index (χ4n) is 10.6. The molecule has 4 atom stereocenters. The van der Waals surface area contributed by atoms with Gasteiger partial charge in [0.05, 0.1) is 0 Å². The van der Waals surface area contributed by atoms with Crippen molar-refractivity contribution in [3.05, 3.63) is 0 Å². The van der Waals surface area contributed by atoms with Gasteiger partial charge in [-0.15, -0.1) is 0 Å². The second kappa shape index (κ2) is 6.38. The van der Waals surface area contributed by atoms with Crippen molar-refractivity contribution in [2.75, 3.05) is 39.3 Å². The number of carbonyl (C=O) groups is 1. The number of Topliss-reactive ketones (excluding diaryl/α,β-unsaturated/α-hetero) is 1. The van der Waals surface area contributed by atoms with Crippen molar-refractivity contribution in [1.82, 2.24) is 9.80 Å². The molecule has 0 amide bonds. The van der Waals surface area contributed by atoms with Crippen LogP contribution in [0, 0.1) is 44.3 Å². The van der Waals surface area contributed by atoms with Crippen molar-refractivity contribution in [2.24, 2.45) is 44.3 Å². The average Bonchev–Trinajstić information content (AvgIpc) is 2.56. The minimum Gasteiger partial charge on any atom is -0.302 e. The van der Waals surface area contributed by atoms with Gasteiger partial charge in [-0.25, -0.2) is 0 Å². The topological polar surface area (TPSA) is 23.6 Å². The summed E-state index contributed by atoms with van der Waals surface area (Å²) in [5.41, 5.74) is 2.23. The summed E-state index contributed by atoms with van der Waals surface area (Å²) in [4.78, 5) is 17.9. The van der Waals surface area contributed by atoms with Crippen LogP contribution in [0.1, 0.15) is 87.5 Å². The molecular weight excluding hydrogens is 380 g/mol. The van der Waals surface area contributed by atoms with E-state index < -0.39 is 0 Å². The second-order valence-electron chi connectivity index (χ2n) is 15.3.